The standard InChI is InChI=1S/C19H18FNO6/c1-26-16(22)10-15(11-6-8-12(20)9-7-11)21-18(23)13-4-3-5-14(19(24)25)17(13)27-2/h3-9,15H,10H2,1-2H3,(H,21,23)(H,24,25). The smallest absolute Gasteiger partial charge is 0.339 e. The predicted molar refractivity (Wildman–Crippen MR) is 93.2 cm³/mol. The first-order valence-electron chi connectivity index (χ1n) is 7.90. The lowest BCUT2D eigenvalue weighted by atomic mass is 10.0. The first-order valence-corrected chi connectivity index (χ1v) is 7.90. The normalized spacial score (nSPS) is 11.4. The summed E-state index contributed by atoms with van der Waals surface area (Å²) in [4.78, 5) is 35.7. The number of hydrogen-bond acceptors (Lipinski definition) is 5. The van der Waals surface area contributed by atoms with Crippen LogP contribution in [0, 0.1) is 5.82 Å². The Labute approximate surface area is 154 Å². The predicted octanol–water partition coefficient (Wildman–Crippen LogP) is 2.57. The number of ether oxygens (including phenoxy) is 2. The summed E-state index contributed by atoms with van der Waals surface area (Å²) < 4.78 is 22.9. The van der Waals surface area contributed by atoms with E-state index in [2.05, 4.69) is 10.1 Å². The van der Waals surface area contributed by atoms with E-state index in [1.165, 1.54) is 56.7 Å². The Morgan fingerprint density at radius 2 is 1.70 bits per heavy atom. The maximum Gasteiger partial charge on any atom is 0.339 e. The highest BCUT2D eigenvalue weighted by Crippen LogP contribution is 2.26. The number of carbonyl (C=O) groups is 3. The largest absolute Gasteiger partial charge is 0.495 e. The van der Waals surface area contributed by atoms with Gasteiger partial charge in [-0.3, -0.25) is 9.59 Å². The lowest BCUT2D eigenvalue weighted by Gasteiger charge is -2.19. The van der Waals surface area contributed by atoms with Crippen molar-refractivity contribution in [3.8, 4) is 5.75 Å². The van der Waals surface area contributed by atoms with Crippen molar-refractivity contribution in [2.24, 2.45) is 0 Å². The Hall–Kier alpha value is -3.42. The number of carboxylic acid groups (broad SMARTS) is 1. The van der Waals surface area contributed by atoms with Crippen molar-refractivity contribution in [3.05, 3.63) is 65.0 Å². The molecule has 2 aromatic rings. The molecular formula is C19H18FNO6. The zero-order chi connectivity index (χ0) is 20.0. The minimum absolute atomic E-state index is 0.00521. The third-order valence-corrected chi connectivity index (χ3v) is 3.87. The van der Waals surface area contributed by atoms with Crippen LogP contribution >= 0.6 is 0 Å². The van der Waals surface area contributed by atoms with E-state index in [1.54, 1.807) is 0 Å². The summed E-state index contributed by atoms with van der Waals surface area (Å²) in [5.74, 6) is -3.02. The minimum Gasteiger partial charge on any atom is -0.495 e. The van der Waals surface area contributed by atoms with Gasteiger partial charge in [-0.15, -0.1) is 0 Å². The van der Waals surface area contributed by atoms with Crippen molar-refractivity contribution in [3.63, 3.8) is 0 Å². The molecule has 7 nitrogen and oxygen atoms in total. The highest BCUT2D eigenvalue weighted by molar-refractivity contribution is 6.02. The van der Waals surface area contributed by atoms with Crippen molar-refractivity contribution < 1.29 is 33.4 Å². The van der Waals surface area contributed by atoms with E-state index in [4.69, 9.17) is 4.74 Å². The molecule has 0 radical (unpaired) electrons. The molecule has 1 unspecified atom stereocenters. The van der Waals surface area contributed by atoms with E-state index in [1.807, 2.05) is 0 Å². The fourth-order valence-corrected chi connectivity index (χ4v) is 2.54. The fourth-order valence-electron chi connectivity index (χ4n) is 2.54. The lowest BCUT2D eigenvalue weighted by molar-refractivity contribution is -0.141. The van der Waals surface area contributed by atoms with E-state index in [9.17, 15) is 23.9 Å². The molecule has 27 heavy (non-hydrogen) atoms. The van der Waals surface area contributed by atoms with Crippen LogP contribution in [0.3, 0.4) is 0 Å². The Bertz CT molecular complexity index is 850. The highest BCUT2D eigenvalue weighted by Gasteiger charge is 2.24. The molecule has 0 bridgehead atoms. The van der Waals surface area contributed by atoms with E-state index in [0.717, 1.165) is 0 Å². The van der Waals surface area contributed by atoms with Crippen molar-refractivity contribution in [1.82, 2.24) is 5.32 Å². The summed E-state index contributed by atoms with van der Waals surface area (Å²) in [6.07, 6.45) is -0.186. The summed E-state index contributed by atoms with van der Waals surface area (Å²) >= 11 is 0. The molecule has 2 rings (SSSR count). The second-order valence-electron chi connectivity index (χ2n) is 5.55. The molecule has 142 valence electrons. The molecule has 0 aliphatic heterocycles. The van der Waals surface area contributed by atoms with Crippen LogP contribution in [-0.4, -0.2) is 37.2 Å². The molecule has 0 aliphatic rings. The topological polar surface area (TPSA) is 102 Å². The fraction of sp³-hybridized carbons (Fsp3) is 0.211. The highest BCUT2D eigenvalue weighted by atomic mass is 19.1. The maximum absolute atomic E-state index is 13.2. The lowest BCUT2D eigenvalue weighted by Crippen LogP contribution is -2.31. The molecule has 1 amide bonds. The molecule has 0 spiro atoms. The van der Waals surface area contributed by atoms with Gasteiger partial charge in [0.1, 0.15) is 17.1 Å². The summed E-state index contributed by atoms with van der Waals surface area (Å²) in [5.41, 5.74) is 0.314. The van der Waals surface area contributed by atoms with Crippen molar-refractivity contribution in [2.45, 2.75) is 12.5 Å². The van der Waals surface area contributed by atoms with Gasteiger partial charge in [-0.2, -0.15) is 0 Å². The SMILES string of the molecule is COC(=O)CC(NC(=O)c1cccc(C(=O)O)c1OC)c1ccc(F)cc1. The number of benzene rings is 2. The number of esters is 1. The Balaban J connectivity index is 2.36. The number of amides is 1. The maximum atomic E-state index is 13.2. The number of aromatic carboxylic acids is 1. The van der Waals surface area contributed by atoms with Gasteiger partial charge in [0.15, 0.2) is 0 Å². The zero-order valence-electron chi connectivity index (χ0n) is 14.7. The molecule has 0 saturated heterocycles. The van der Waals surface area contributed by atoms with Crippen molar-refractivity contribution >= 4 is 17.8 Å². The van der Waals surface area contributed by atoms with Gasteiger partial charge in [0.25, 0.3) is 5.91 Å². The Morgan fingerprint density at radius 1 is 1.07 bits per heavy atom. The van der Waals surface area contributed by atoms with E-state index in [0.29, 0.717) is 5.56 Å². The third-order valence-electron chi connectivity index (χ3n) is 3.87. The average Bonchev–Trinajstić information content (AvgIpc) is 2.66. The van der Waals surface area contributed by atoms with Gasteiger partial charge < -0.3 is 19.9 Å². The summed E-state index contributed by atoms with van der Waals surface area (Å²) in [7, 11) is 2.47. The number of methoxy groups -OCH3 is 2. The molecule has 0 aliphatic carbocycles. The molecule has 2 N–H and O–H groups in total. The summed E-state index contributed by atoms with van der Waals surface area (Å²) in [6.45, 7) is 0. The number of carbonyl (C=O) groups excluding carboxylic acids is 2. The number of nitrogens with one attached hydrogen (secondary N) is 1. The molecule has 1 atom stereocenters. The van der Waals surface area contributed by atoms with Crippen LogP contribution in [-0.2, 0) is 9.53 Å². The van der Waals surface area contributed by atoms with E-state index in [-0.39, 0.29) is 23.3 Å². The first-order chi connectivity index (χ1) is 12.9. The first kappa shape index (κ1) is 19.9. The minimum atomic E-state index is -1.24. The molecular weight excluding hydrogens is 357 g/mol. The van der Waals surface area contributed by atoms with Crippen molar-refractivity contribution in [1.29, 1.82) is 0 Å². The summed E-state index contributed by atoms with van der Waals surface area (Å²) in [6, 6.07) is 8.61. The molecule has 0 heterocycles. The van der Waals surface area contributed by atoms with Crippen LogP contribution in [0.2, 0.25) is 0 Å². The van der Waals surface area contributed by atoms with Crippen LogP contribution in [0.25, 0.3) is 0 Å². The van der Waals surface area contributed by atoms with E-state index >= 15 is 0 Å². The van der Waals surface area contributed by atoms with E-state index < -0.39 is 29.7 Å². The number of halogens is 1. The number of para-hydroxylation sites is 1. The van der Waals surface area contributed by atoms with Crippen LogP contribution in [0.5, 0.6) is 5.75 Å². The second-order valence-corrected chi connectivity index (χ2v) is 5.55. The molecule has 0 aromatic heterocycles. The van der Waals surface area contributed by atoms with Gasteiger partial charge in [0.2, 0.25) is 0 Å². The zero-order valence-corrected chi connectivity index (χ0v) is 14.7. The Kier molecular flexibility index (Phi) is 6.48. The van der Waals surface area contributed by atoms with Gasteiger partial charge in [0, 0.05) is 0 Å². The van der Waals surface area contributed by atoms with Gasteiger partial charge in [-0.05, 0) is 29.8 Å². The third kappa shape index (κ3) is 4.81. The molecule has 2 aromatic carbocycles. The van der Waals surface area contributed by atoms with Gasteiger partial charge >= 0.3 is 11.9 Å². The van der Waals surface area contributed by atoms with Crippen LogP contribution < -0.4 is 10.1 Å². The van der Waals surface area contributed by atoms with Crippen molar-refractivity contribution in [2.75, 3.05) is 14.2 Å². The molecule has 0 fully saturated rings. The van der Waals surface area contributed by atoms with Crippen LogP contribution in [0.4, 0.5) is 4.39 Å². The summed E-state index contributed by atoms with van der Waals surface area (Å²) in [5, 5.41) is 11.9. The number of carboxylic acids is 1. The quantitative estimate of drug-likeness (QED) is 0.721. The van der Waals surface area contributed by atoms with Gasteiger partial charge in [-0.1, -0.05) is 18.2 Å². The van der Waals surface area contributed by atoms with Crippen LogP contribution in [0.15, 0.2) is 42.5 Å². The Morgan fingerprint density at radius 3 is 2.26 bits per heavy atom. The van der Waals surface area contributed by atoms with Gasteiger partial charge in [-0.25, -0.2) is 9.18 Å². The monoisotopic (exact) mass is 375 g/mol. The van der Waals surface area contributed by atoms with Crippen LogP contribution in [0.1, 0.15) is 38.7 Å². The number of hydrogen-bond donors (Lipinski definition) is 2. The second kappa shape index (κ2) is 8.79. The average molecular weight is 375 g/mol. The number of rotatable bonds is 7. The van der Waals surface area contributed by atoms with Gasteiger partial charge in [0.05, 0.1) is 32.2 Å². The molecule has 0 saturated carbocycles. The molecule has 8 heteroatoms.